The minimum Gasteiger partial charge on any atom is -0.481 e. The predicted molar refractivity (Wildman–Crippen MR) is 72.0 cm³/mol. The van der Waals surface area contributed by atoms with E-state index in [0.717, 1.165) is 16.5 Å². The number of hydrogen-bond donors (Lipinski definition) is 2. The molecule has 5 nitrogen and oxygen atoms in total. The summed E-state index contributed by atoms with van der Waals surface area (Å²) in [6.45, 7) is 2.24. The van der Waals surface area contributed by atoms with Crippen LogP contribution in [0.2, 0.25) is 0 Å². The molecule has 5 heteroatoms. The third-order valence-electron chi connectivity index (χ3n) is 3.81. The summed E-state index contributed by atoms with van der Waals surface area (Å²) in [6, 6.07) is 7.69. The zero-order valence-electron chi connectivity index (χ0n) is 11.1. The lowest BCUT2D eigenvalue weighted by Gasteiger charge is -2.02. The molecule has 1 aromatic carbocycles. The van der Waals surface area contributed by atoms with Gasteiger partial charge in [0.25, 0.3) is 0 Å². The molecule has 0 spiro atoms. The van der Waals surface area contributed by atoms with Crippen LogP contribution in [-0.2, 0) is 16.1 Å². The van der Waals surface area contributed by atoms with Crippen LogP contribution in [0, 0.1) is 18.8 Å². The number of carboxylic acid groups (broad SMARTS) is 1. The number of furan rings is 1. The van der Waals surface area contributed by atoms with Crippen LogP contribution < -0.4 is 5.32 Å². The molecule has 1 aromatic heterocycles. The molecule has 1 aliphatic rings. The van der Waals surface area contributed by atoms with Crippen LogP contribution in [0.1, 0.15) is 17.7 Å². The standard InChI is InChI=1S/C15H15NO4/c1-8-9-4-2-3-5-12(9)20-13(8)7-16-14(17)10-6-11(10)15(18)19/h2-5,10-11H,6-7H2,1H3,(H,16,17)(H,18,19)/t10-,11+/m1/s1. The Morgan fingerprint density at radius 1 is 1.35 bits per heavy atom. The summed E-state index contributed by atoms with van der Waals surface area (Å²) >= 11 is 0. The highest BCUT2D eigenvalue weighted by molar-refractivity contribution is 5.89. The molecule has 1 saturated carbocycles. The lowest BCUT2D eigenvalue weighted by molar-refractivity contribution is -0.140. The normalized spacial score (nSPS) is 20.9. The van der Waals surface area contributed by atoms with Gasteiger partial charge in [0.05, 0.1) is 18.4 Å². The topological polar surface area (TPSA) is 79.5 Å². The number of fused-ring (bicyclic) bond motifs is 1. The number of hydrogen-bond acceptors (Lipinski definition) is 3. The van der Waals surface area contributed by atoms with Crippen LogP contribution in [0.25, 0.3) is 11.0 Å². The molecule has 20 heavy (non-hydrogen) atoms. The Balaban J connectivity index is 1.67. The summed E-state index contributed by atoms with van der Waals surface area (Å²) in [5.41, 5.74) is 1.80. The largest absolute Gasteiger partial charge is 0.481 e. The third kappa shape index (κ3) is 2.15. The number of amides is 1. The smallest absolute Gasteiger partial charge is 0.307 e. The fourth-order valence-corrected chi connectivity index (χ4v) is 2.45. The highest BCUT2D eigenvalue weighted by Crippen LogP contribution is 2.38. The molecule has 0 aliphatic heterocycles. The quantitative estimate of drug-likeness (QED) is 0.893. The summed E-state index contributed by atoms with van der Waals surface area (Å²) in [7, 11) is 0. The number of carbonyl (C=O) groups excluding carboxylic acids is 1. The number of carboxylic acids is 1. The SMILES string of the molecule is Cc1c(CNC(=O)[C@@H]2C[C@@H]2C(=O)O)oc2ccccc12. The maximum absolute atomic E-state index is 11.8. The second kappa shape index (κ2) is 4.67. The third-order valence-corrected chi connectivity index (χ3v) is 3.81. The molecule has 1 amide bonds. The molecule has 0 bridgehead atoms. The molecule has 1 aliphatic carbocycles. The van der Waals surface area contributed by atoms with E-state index in [1.807, 2.05) is 31.2 Å². The number of aliphatic carboxylic acids is 1. The highest BCUT2D eigenvalue weighted by atomic mass is 16.4. The van der Waals surface area contributed by atoms with Crippen molar-refractivity contribution in [2.45, 2.75) is 19.9 Å². The zero-order valence-corrected chi connectivity index (χ0v) is 11.1. The molecular weight excluding hydrogens is 258 g/mol. The Morgan fingerprint density at radius 2 is 2.10 bits per heavy atom. The van der Waals surface area contributed by atoms with Crippen LogP contribution >= 0.6 is 0 Å². The van der Waals surface area contributed by atoms with Gasteiger partial charge < -0.3 is 14.8 Å². The van der Waals surface area contributed by atoms with Gasteiger partial charge in [0.15, 0.2) is 0 Å². The summed E-state index contributed by atoms with van der Waals surface area (Å²) in [5.74, 6) is -1.31. The monoisotopic (exact) mass is 273 g/mol. The van der Waals surface area contributed by atoms with Gasteiger partial charge in [-0.25, -0.2) is 0 Å². The molecule has 2 aromatic rings. The van der Waals surface area contributed by atoms with E-state index < -0.39 is 17.8 Å². The molecule has 0 unspecified atom stereocenters. The highest BCUT2D eigenvalue weighted by Gasteiger charge is 2.48. The summed E-state index contributed by atoms with van der Waals surface area (Å²) < 4.78 is 5.69. The Kier molecular flexibility index (Phi) is 2.97. The van der Waals surface area contributed by atoms with Gasteiger partial charge >= 0.3 is 5.97 Å². The first-order valence-corrected chi connectivity index (χ1v) is 6.55. The molecular formula is C15H15NO4. The van der Waals surface area contributed by atoms with Crippen molar-refractivity contribution in [2.75, 3.05) is 0 Å². The fraction of sp³-hybridized carbons (Fsp3) is 0.333. The van der Waals surface area contributed by atoms with E-state index >= 15 is 0 Å². The Labute approximate surface area is 115 Å². The molecule has 2 atom stereocenters. The average molecular weight is 273 g/mol. The van der Waals surface area contributed by atoms with Crippen molar-refractivity contribution in [3.05, 3.63) is 35.6 Å². The van der Waals surface area contributed by atoms with Gasteiger partial charge in [-0.3, -0.25) is 9.59 Å². The van der Waals surface area contributed by atoms with Crippen molar-refractivity contribution in [1.82, 2.24) is 5.32 Å². The van der Waals surface area contributed by atoms with E-state index in [2.05, 4.69) is 5.32 Å². The lowest BCUT2D eigenvalue weighted by atomic mass is 10.1. The van der Waals surface area contributed by atoms with Gasteiger partial charge in [0.1, 0.15) is 11.3 Å². The van der Waals surface area contributed by atoms with Crippen molar-refractivity contribution in [1.29, 1.82) is 0 Å². The average Bonchev–Trinajstić information content (AvgIpc) is 3.18. The van der Waals surface area contributed by atoms with Gasteiger partial charge in [-0.1, -0.05) is 18.2 Å². The Hall–Kier alpha value is -2.30. The first kappa shape index (κ1) is 12.7. The summed E-state index contributed by atoms with van der Waals surface area (Å²) in [6.07, 6.45) is 0.431. The van der Waals surface area contributed by atoms with E-state index in [0.29, 0.717) is 18.7 Å². The summed E-state index contributed by atoms with van der Waals surface area (Å²) in [4.78, 5) is 22.5. The predicted octanol–water partition coefficient (Wildman–Crippen LogP) is 2.08. The maximum Gasteiger partial charge on any atom is 0.307 e. The van der Waals surface area contributed by atoms with Crippen LogP contribution in [0.3, 0.4) is 0 Å². The van der Waals surface area contributed by atoms with E-state index in [4.69, 9.17) is 9.52 Å². The van der Waals surface area contributed by atoms with E-state index in [1.165, 1.54) is 0 Å². The molecule has 3 rings (SSSR count). The number of rotatable bonds is 4. The van der Waals surface area contributed by atoms with Crippen molar-refractivity contribution in [3.8, 4) is 0 Å². The second-order valence-corrected chi connectivity index (χ2v) is 5.15. The van der Waals surface area contributed by atoms with Crippen LogP contribution in [0.15, 0.2) is 28.7 Å². The minimum atomic E-state index is -0.898. The fourth-order valence-electron chi connectivity index (χ4n) is 2.45. The van der Waals surface area contributed by atoms with Gasteiger partial charge in [-0.05, 0) is 19.4 Å². The number of carbonyl (C=O) groups is 2. The number of benzene rings is 1. The van der Waals surface area contributed by atoms with E-state index in [9.17, 15) is 9.59 Å². The number of aryl methyl sites for hydroxylation is 1. The zero-order chi connectivity index (χ0) is 14.3. The molecule has 0 radical (unpaired) electrons. The first-order chi connectivity index (χ1) is 9.58. The van der Waals surface area contributed by atoms with Crippen LogP contribution in [0.5, 0.6) is 0 Å². The molecule has 0 saturated heterocycles. The second-order valence-electron chi connectivity index (χ2n) is 5.15. The van der Waals surface area contributed by atoms with Gasteiger partial charge in [0, 0.05) is 10.9 Å². The van der Waals surface area contributed by atoms with E-state index in [-0.39, 0.29) is 5.91 Å². The Bertz CT molecular complexity index is 688. The van der Waals surface area contributed by atoms with Crippen molar-refractivity contribution < 1.29 is 19.1 Å². The minimum absolute atomic E-state index is 0.211. The molecule has 1 fully saturated rings. The van der Waals surface area contributed by atoms with Crippen molar-refractivity contribution in [3.63, 3.8) is 0 Å². The van der Waals surface area contributed by atoms with Crippen LogP contribution in [-0.4, -0.2) is 17.0 Å². The molecule has 2 N–H and O–H groups in total. The van der Waals surface area contributed by atoms with Gasteiger partial charge in [-0.2, -0.15) is 0 Å². The lowest BCUT2D eigenvalue weighted by Crippen LogP contribution is -2.26. The van der Waals surface area contributed by atoms with Crippen LogP contribution in [0.4, 0.5) is 0 Å². The van der Waals surface area contributed by atoms with E-state index in [1.54, 1.807) is 0 Å². The molecule has 104 valence electrons. The summed E-state index contributed by atoms with van der Waals surface area (Å²) in [5, 5.41) is 12.6. The van der Waals surface area contributed by atoms with Gasteiger partial charge in [-0.15, -0.1) is 0 Å². The maximum atomic E-state index is 11.8. The first-order valence-electron chi connectivity index (χ1n) is 6.55. The number of para-hydroxylation sites is 1. The number of nitrogens with one attached hydrogen (secondary N) is 1. The Morgan fingerprint density at radius 3 is 2.75 bits per heavy atom. The van der Waals surface area contributed by atoms with Crippen molar-refractivity contribution in [2.24, 2.45) is 11.8 Å². The van der Waals surface area contributed by atoms with Gasteiger partial charge in [0.2, 0.25) is 5.91 Å². The molecule has 1 heterocycles. The van der Waals surface area contributed by atoms with Crippen molar-refractivity contribution >= 4 is 22.8 Å².